The van der Waals surface area contributed by atoms with Crippen molar-refractivity contribution >= 4 is 0 Å². The van der Waals surface area contributed by atoms with Gasteiger partial charge in [0.1, 0.15) is 0 Å². The topological polar surface area (TPSA) is 51.0 Å². The van der Waals surface area contributed by atoms with Crippen LogP contribution in [0.15, 0.2) is 4.52 Å². The molecule has 0 saturated heterocycles. The van der Waals surface area contributed by atoms with Gasteiger partial charge in [-0.25, -0.2) is 0 Å². The van der Waals surface area contributed by atoms with Gasteiger partial charge in [-0.2, -0.15) is 4.98 Å². The third-order valence-corrected chi connectivity index (χ3v) is 4.10. The van der Waals surface area contributed by atoms with Crippen LogP contribution in [-0.4, -0.2) is 16.2 Å². The zero-order valence-corrected chi connectivity index (χ0v) is 10.3. The van der Waals surface area contributed by atoms with E-state index in [1.54, 1.807) is 0 Å². The van der Waals surface area contributed by atoms with E-state index in [-0.39, 0.29) is 0 Å². The average Bonchev–Trinajstić information content (AvgIpc) is 3.09. The molecule has 1 N–H and O–H groups in total. The van der Waals surface area contributed by atoms with Gasteiger partial charge in [-0.05, 0) is 25.7 Å². The van der Waals surface area contributed by atoms with Gasteiger partial charge in [-0.3, -0.25) is 0 Å². The minimum Gasteiger partial charge on any atom is -0.338 e. The van der Waals surface area contributed by atoms with Gasteiger partial charge in [-0.1, -0.05) is 30.8 Å². The Morgan fingerprint density at radius 2 is 1.76 bits per heavy atom. The highest BCUT2D eigenvalue weighted by Gasteiger charge is 2.22. The summed E-state index contributed by atoms with van der Waals surface area (Å²) in [7, 11) is 0. The van der Waals surface area contributed by atoms with E-state index < -0.39 is 0 Å². The number of hydrogen-bond donors (Lipinski definition) is 1. The van der Waals surface area contributed by atoms with E-state index in [1.165, 1.54) is 51.4 Å². The van der Waals surface area contributed by atoms with Crippen LogP contribution in [0.25, 0.3) is 0 Å². The Balaban J connectivity index is 1.52. The molecule has 0 spiro atoms. The Kier molecular flexibility index (Phi) is 3.41. The predicted molar refractivity (Wildman–Crippen MR) is 64.6 cm³/mol. The van der Waals surface area contributed by atoms with E-state index in [0.717, 1.165) is 18.3 Å². The van der Waals surface area contributed by atoms with Gasteiger partial charge in [-0.15, -0.1) is 0 Å². The minimum atomic E-state index is 0.555. The highest BCUT2D eigenvalue weighted by molar-refractivity contribution is 4.97. The summed E-state index contributed by atoms with van der Waals surface area (Å²) < 4.78 is 5.31. The fraction of sp³-hybridized carbons (Fsp3) is 0.846. The Morgan fingerprint density at radius 3 is 2.53 bits per heavy atom. The molecule has 2 aliphatic carbocycles. The van der Waals surface area contributed by atoms with Gasteiger partial charge < -0.3 is 9.84 Å². The Morgan fingerprint density at radius 1 is 1.06 bits per heavy atom. The van der Waals surface area contributed by atoms with Crippen LogP contribution in [0, 0.1) is 0 Å². The molecule has 2 fully saturated rings. The van der Waals surface area contributed by atoms with Crippen molar-refractivity contribution in [2.75, 3.05) is 0 Å². The zero-order valence-electron chi connectivity index (χ0n) is 10.3. The van der Waals surface area contributed by atoms with Crippen LogP contribution in [0.3, 0.4) is 0 Å². The molecule has 4 heteroatoms. The van der Waals surface area contributed by atoms with Crippen molar-refractivity contribution in [3.63, 3.8) is 0 Å². The van der Waals surface area contributed by atoms with Crippen LogP contribution in [0.2, 0.25) is 0 Å². The van der Waals surface area contributed by atoms with Gasteiger partial charge >= 0.3 is 0 Å². The molecule has 1 aromatic heterocycles. The van der Waals surface area contributed by atoms with Crippen LogP contribution in [0.4, 0.5) is 0 Å². The lowest BCUT2D eigenvalue weighted by atomic mass is 10.1. The number of rotatable bonds is 4. The van der Waals surface area contributed by atoms with Crippen molar-refractivity contribution in [2.45, 2.75) is 69.9 Å². The summed E-state index contributed by atoms with van der Waals surface area (Å²) in [6.07, 6.45) is 10.4. The Hall–Kier alpha value is -0.900. The van der Waals surface area contributed by atoms with Crippen molar-refractivity contribution < 1.29 is 4.52 Å². The van der Waals surface area contributed by atoms with Crippen LogP contribution >= 0.6 is 0 Å². The molecule has 2 saturated carbocycles. The first-order chi connectivity index (χ1) is 8.42. The first-order valence-corrected chi connectivity index (χ1v) is 6.97. The first kappa shape index (κ1) is 11.2. The smallest absolute Gasteiger partial charge is 0.240 e. The molecular weight excluding hydrogens is 214 g/mol. The molecule has 0 bridgehead atoms. The zero-order chi connectivity index (χ0) is 11.5. The molecule has 0 atom stereocenters. The second-order valence-corrected chi connectivity index (χ2v) is 5.39. The SMILES string of the molecule is C1CCC(NCc2nc(C3CCCC3)no2)C1. The molecule has 94 valence electrons. The van der Waals surface area contributed by atoms with Crippen LogP contribution in [0.5, 0.6) is 0 Å². The van der Waals surface area contributed by atoms with E-state index in [1.807, 2.05) is 0 Å². The van der Waals surface area contributed by atoms with Crippen molar-refractivity contribution in [3.8, 4) is 0 Å². The van der Waals surface area contributed by atoms with Gasteiger partial charge in [0.05, 0.1) is 6.54 Å². The third-order valence-electron chi connectivity index (χ3n) is 4.10. The minimum absolute atomic E-state index is 0.555. The summed E-state index contributed by atoms with van der Waals surface area (Å²) in [6.45, 7) is 0.740. The van der Waals surface area contributed by atoms with E-state index in [0.29, 0.717) is 12.0 Å². The highest BCUT2D eigenvalue weighted by Crippen LogP contribution is 2.32. The fourth-order valence-corrected chi connectivity index (χ4v) is 3.05. The lowest BCUT2D eigenvalue weighted by Gasteiger charge is -2.08. The summed E-state index contributed by atoms with van der Waals surface area (Å²) in [5.74, 6) is 2.25. The third kappa shape index (κ3) is 2.68. The maximum Gasteiger partial charge on any atom is 0.240 e. The molecule has 1 heterocycles. The van der Waals surface area contributed by atoms with Crippen molar-refractivity contribution in [1.82, 2.24) is 15.5 Å². The van der Waals surface area contributed by atoms with E-state index in [9.17, 15) is 0 Å². The number of hydrogen-bond acceptors (Lipinski definition) is 4. The maximum absolute atomic E-state index is 5.31. The fourth-order valence-electron chi connectivity index (χ4n) is 3.05. The van der Waals surface area contributed by atoms with Gasteiger partial charge in [0, 0.05) is 12.0 Å². The number of nitrogens with zero attached hydrogens (tertiary/aromatic N) is 2. The Labute approximate surface area is 102 Å². The predicted octanol–water partition coefficient (Wildman–Crippen LogP) is 2.76. The van der Waals surface area contributed by atoms with Crippen LogP contribution in [-0.2, 0) is 6.54 Å². The van der Waals surface area contributed by atoms with E-state index in [2.05, 4.69) is 15.5 Å². The number of aromatic nitrogens is 2. The standard InChI is InChI=1S/C13H21N3O/c1-2-6-10(5-1)13-15-12(17-16-13)9-14-11-7-3-4-8-11/h10-11,14H,1-9H2. The maximum atomic E-state index is 5.31. The molecule has 17 heavy (non-hydrogen) atoms. The summed E-state index contributed by atoms with van der Waals surface area (Å²) in [4.78, 5) is 4.51. The molecule has 0 aromatic carbocycles. The molecule has 0 aliphatic heterocycles. The largest absolute Gasteiger partial charge is 0.338 e. The summed E-state index contributed by atoms with van der Waals surface area (Å²) in [6, 6.07) is 0.664. The molecule has 4 nitrogen and oxygen atoms in total. The lowest BCUT2D eigenvalue weighted by Crippen LogP contribution is -2.25. The normalized spacial score (nSPS) is 22.6. The van der Waals surface area contributed by atoms with Gasteiger partial charge in [0.15, 0.2) is 5.82 Å². The summed E-state index contributed by atoms with van der Waals surface area (Å²) >= 11 is 0. The first-order valence-electron chi connectivity index (χ1n) is 6.97. The summed E-state index contributed by atoms with van der Waals surface area (Å²) in [5, 5.41) is 7.62. The van der Waals surface area contributed by atoms with Crippen molar-refractivity contribution in [2.24, 2.45) is 0 Å². The lowest BCUT2D eigenvalue weighted by molar-refractivity contribution is 0.350. The van der Waals surface area contributed by atoms with E-state index in [4.69, 9.17) is 4.52 Å². The summed E-state index contributed by atoms with van der Waals surface area (Å²) in [5.41, 5.74) is 0. The van der Waals surface area contributed by atoms with E-state index >= 15 is 0 Å². The van der Waals surface area contributed by atoms with Crippen molar-refractivity contribution in [1.29, 1.82) is 0 Å². The average molecular weight is 235 g/mol. The van der Waals surface area contributed by atoms with Crippen molar-refractivity contribution in [3.05, 3.63) is 11.7 Å². The molecule has 2 aliphatic rings. The van der Waals surface area contributed by atoms with Crippen LogP contribution in [0.1, 0.15) is 69.0 Å². The van der Waals surface area contributed by atoms with Gasteiger partial charge in [0.25, 0.3) is 0 Å². The second kappa shape index (κ2) is 5.17. The molecule has 1 aromatic rings. The second-order valence-electron chi connectivity index (χ2n) is 5.39. The number of nitrogens with one attached hydrogen (secondary N) is 1. The molecule has 3 rings (SSSR count). The quantitative estimate of drug-likeness (QED) is 0.871. The van der Waals surface area contributed by atoms with Gasteiger partial charge in [0.2, 0.25) is 5.89 Å². The molecule has 0 unspecified atom stereocenters. The Bertz CT molecular complexity index is 351. The van der Waals surface area contributed by atoms with Crippen LogP contribution < -0.4 is 5.32 Å². The molecule has 0 amide bonds. The monoisotopic (exact) mass is 235 g/mol. The highest BCUT2D eigenvalue weighted by atomic mass is 16.5. The molecule has 0 radical (unpaired) electrons. The molecular formula is C13H21N3O.